The molecule has 0 bridgehead atoms. The van der Waals surface area contributed by atoms with Crippen molar-refractivity contribution in [2.75, 3.05) is 18.0 Å². The standard InChI is InChI=1S/C16H16N4S/c1-2-4-14-13(3-1)18-15(11-5-6-11)20(14)12-9-19(10-12)16-17-7-8-21-16/h1-4,7-8,11-12H,5-6,9-10H2. The van der Waals surface area contributed by atoms with Crippen LogP contribution in [0.4, 0.5) is 5.13 Å². The number of imidazole rings is 1. The minimum atomic E-state index is 0.539. The molecule has 0 radical (unpaired) electrons. The molecule has 3 aromatic rings. The van der Waals surface area contributed by atoms with E-state index in [1.807, 2.05) is 11.6 Å². The van der Waals surface area contributed by atoms with Gasteiger partial charge in [0.1, 0.15) is 5.82 Å². The van der Waals surface area contributed by atoms with Crippen molar-refractivity contribution in [1.82, 2.24) is 14.5 Å². The summed E-state index contributed by atoms with van der Waals surface area (Å²) in [6.45, 7) is 2.10. The molecule has 0 amide bonds. The van der Waals surface area contributed by atoms with E-state index in [1.165, 1.54) is 24.2 Å². The van der Waals surface area contributed by atoms with Crippen LogP contribution in [0.3, 0.4) is 0 Å². The Kier molecular flexibility index (Phi) is 2.41. The minimum Gasteiger partial charge on any atom is -0.344 e. The molecule has 2 fully saturated rings. The molecule has 0 unspecified atom stereocenters. The Labute approximate surface area is 127 Å². The van der Waals surface area contributed by atoms with Gasteiger partial charge in [0.05, 0.1) is 17.1 Å². The molecule has 4 nitrogen and oxygen atoms in total. The topological polar surface area (TPSA) is 34.0 Å². The number of aromatic nitrogens is 3. The van der Waals surface area contributed by atoms with Crippen LogP contribution >= 0.6 is 11.3 Å². The first-order valence-corrected chi connectivity index (χ1v) is 8.39. The van der Waals surface area contributed by atoms with E-state index >= 15 is 0 Å². The Hall–Kier alpha value is -1.88. The molecule has 2 aromatic heterocycles. The molecule has 1 aliphatic heterocycles. The van der Waals surface area contributed by atoms with Gasteiger partial charge in [0.15, 0.2) is 5.13 Å². The number of thiazole rings is 1. The van der Waals surface area contributed by atoms with Gasteiger partial charge in [-0.1, -0.05) is 12.1 Å². The normalized spacial score (nSPS) is 19.1. The Morgan fingerprint density at radius 1 is 1.14 bits per heavy atom. The summed E-state index contributed by atoms with van der Waals surface area (Å²) in [6, 6.07) is 9.08. The second kappa shape index (κ2) is 4.31. The lowest BCUT2D eigenvalue weighted by Gasteiger charge is -2.40. The van der Waals surface area contributed by atoms with Crippen molar-refractivity contribution in [3.8, 4) is 0 Å². The molecule has 3 heterocycles. The second-order valence-corrected chi connectivity index (χ2v) is 6.85. The number of rotatable bonds is 3. The van der Waals surface area contributed by atoms with Gasteiger partial charge in [-0.05, 0) is 25.0 Å². The van der Waals surface area contributed by atoms with Crippen molar-refractivity contribution < 1.29 is 0 Å². The number of fused-ring (bicyclic) bond motifs is 1. The lowest BCUT2D eigenvalue weighted by Crippen LogP contribution is -2.48. The molecule has 5 rings (SSSR count). The predicted octanol–water partition coefficient (Wildman–Crippen LogP) is 3.43. The summed E-state index contributed by atoms with van der Waals surface area (Å²) in [6.07, 6.45) is 4.48. The molecule has 1 saturated heterocycles. The average molecular weight is 296 g/mol. The molecule has 5 heteroatoms. The highest BCUT2D eigenvalue weighted by molar-refractivity contribution is 7.13. The Bertz CT molecular complexity index is 782. The number of hydrogen-bond acceptors (Lipinski definition) is 4. The molecule has 2 aliphatic rings. The van der Waals surface area contributed by atoms with Gasteiger partial charge in [0, 0.05) is 30.6 Å². The van der Waals surface area contributed by atoms with E-state index in [0.717, 1.165) is 23.7 Å². The lowest BCUT2D eigenvalue weighted by atomic mass is 10.1. The van der Waals surface area contributed by atoms with Gasteiger partial charge < -0.3 is 9.47 Å². The first-order chi connectivity index (χ1) is 10.4. The zero-order valence-corrected chi connectivity index (χ0v) is 12.5. The smallest absolute Gasteiger partial charge is 0.185 e. The van der Waals surface area contributed by atoms with E-state index < -0.39 is 0 Å². The molecule has 1 saturated carbocycles. The van der Waals surface area contributed by atoms with Crippen LogP contribution in [0, 0.1) is 0 Å². The van der Waals surface area contributed by atoms with Gasteiger partial charge in [-0.25, -0.2) is 9.97 Å². The summed E-state index contributed by atoms with van der Waals surface area (Å²) in [5.41, 5.74) is 2.44. The lowest BCUT2D eigenvalue weighted by molar-refractivity contribution is 0.397. The summed E-state index contributed by atoms with van der Waals surface area (Å²) >= 11 is 1.72. The molecular weight excluding hydrogens is 280 g/mol. The van der Waals surface area contributed by atoms with Crippen LogP contribution in [0.1, 0.15) is 30.6 Å². The highest BCUT2D eigenvalue weighted by Crippen LogP contribution is 2.43. The highest BCUT2D eigenvalue weighted by Gasteiger charge is 2.36. The third-order valence-electron chi connectivity index (χ3n) is 4.48. The van der Waals surface area contributed by atoms with Crippen molar-refractivity contribution in [3.63, 3.8) is 0 Å². The van der Waals surface area contributed by atoms with Gasteiger partial charge in [-0.15, -0.1) is 11.3 Å². The van der Waals surface area contributed by atoms with Crippen molar-refractivity contribution in [2.24, 2.45) is 0 Å². The monoisotopic (exact) mass is 296 g/mol. The third kappa shape index (κ3) is 1.80. The Morgan fingerprint density at radius 3 is 2.76 bits per heavy atom. The zero-order valence-electron chi connectivity index (χ0n) is 11.6. The summed E-state index contributed by atoms with van der Waals surface area (Å²) in [7, 11) is 0. The van der Waals surface area contributed by atoms with Crippen molar-refractivity contribution in [3.05, 3.63) is 41.7 Å². The first kappa shape index (κ1) is 11.7. The molecule has 21 heavy (non-hydrogen) atoms. The van der Waals surface area contributed by atoms with Gasteiger partial charge in [0.2, 0.25) is 0 Å². The number of para-hydroxylation sites is 2. The zero-order chi connectivity index (χ0) is 13.8. The molecular formula is C16H16N4S. The molecule has 0 spiro atoms. The average Bonchev–Trinajstić information content (AvgIpc) is 3.04. The number of hydrogen-bond donors (Lipinski definition) is 0. The van der Waals surface area contributed by atoms with Crippen LogP contribution in [0.15, 0.2) is 35.8 Å². The van der Waals surface area contributed by atoms with Crippen molar-refractivity contribution in [1.29, 1.82) is 0 Å². The maximum Gasteiger partial charge on any atom is 0.185 e. The van der Waals surface area contributed by atoms with Gasteiger partial charge in [-0.3, -0.25) is 0 Å². The van der Waals surface area contributed by atoms with Crippen LogP contribution in [-0.4, -0.2) is 27.6 Å². The van der Waals surface area contributed by atoms with Crippen LogP contribution in [0.2, 0.25) is 0 Å². The van der Waals surface area contributed by atoms with Crippen LogP contribution in [0.5, 0.6) is 0 Å². The SMILES string of the molecule is c1ccc2c(c1)nc(C1CC1)n2C1CN(c2nccs2)C1. The van der Waals surface area contributed by atoms with E-state index in [0.29, 0.717) is 12.0 Å². The van der Waals surface area contributed by atoms with Crippen LogP contribution < -0.4 is 4.90 Å². The molecule has 106 valence electrons. The largest absolute Gasteiger partial charge is 0.344 e. The van der Waals surface area contributed by atoms with E-state index in [4.69, 9.17) is 4.98 Å². The summed E-state index contributed by atoms with van der Waals surface area (Å²) < 4.78 is 2.50. The van der Waals surface area contributed by atoms with Gasteiger partial charge in [0.25, 0.3) is 0 Å². The molecule has 0 N–H and O–H groups in total. The maximum absolute atomic E-state index is 4.90. The van der Waals surface area contributed by atoms with Crippen molar-refractivity contribution >= 4 is 27.5 Å². The fourth-order valence-corrected chi connectivity index (χ4v) is 3.89. The minimum absolute atomic E-state index is 0.539. The number of anilines is 1. The second-order valence-electron chi connectivity index (χ2n) is 5.98. The molecule has 1 aliphatic carbocycles. The summed E-state index contributed by atoms with van der Waals surface area (Å²) in [5, 5.41) is 3.19. The van der Waals surface area contributed by atoms with Gasteiger partial charge >= 0.3 is 0 Å². The van der Waals surface area contributed by atoms with E-state index in [9.17, 15) is 0 Å². The number of benzene rings is 1. The fraction of sp³-hybridized carbons (Fsp3) is 0.375. The van der Waals surface area contributed by atoms with Gasteiger partial charge in [-0.2, -0.15) is 0 Å². The van der Waals surface area contributed by atoms with Crippen LogP contribution in [0.25, 0.3) is 11.0 Å². The fourth-order valence-electron chi connectivity index (χ4n) is 3.22. The summed E-state index contributed by atoms with van der Waals surface area (Å²) in [5.74, 6) is 1.99. The van der Waals surface area contributed by atoms with Crippen molar-refractivity contribution in [2.45, 2.75) is 24.8 Å². The van der Waals surface area contributed by atoms with Crippen LogP contribution in [-0.2, 0) is 0 Å². The molecule has 1 aromatic carbocycles. The molecule has 0 atom stereocenters. The van der Waals surface area contributed by atoms with E-state index in [-0.39, 0.29) is 0 Å². The maximum atomic E-state index is 4.90. The predicted molar refractivity (Wildman–Crippen MR) is 85.1 cm³/mol. The highest BCUT2D eigenvalue weighted by atomic mass is 32.1. The first-order valence-electron chi connectivity index (χ1n) is 7.51. The third-order valence-corrected chi connectivity index (χ3v) is 5.32. The van der Waals surface area contributed by atoms with E-state index in [2.05, 4.69) is 38.7 Å². The number of nitrogens with zero attached hydrogens (tertiary/aromatic N) is 4. The summed E-state index contributed by atoms with van der Waals surface area (Å²) in [4.78, 5) is 11.7. The Morgan fingerprint density at radius 2 is 2.00 bits per heavy atom. The Balaban J connectivity index is 1.51. The quantitative estimate of drug-likeness (QED) is 0.742. The van der Waals surface area contributed by atoms with E-state index in [1.54, 1.807) is 11.3 Å².